The van der Waals surface area contributed by atoms with Crippen molar-refractivity contribution < 1.29 is 4.79 Å². The molecule has 27 heavy (non-hydrogen) atoms. The summed E-state index contributed by atoms with van der Waals surface area (Å²) in [6, 6.07) is 8.08. The molecule has 154 valence electrons. The van der Waals surface area contributed by atoms with Crippen LogP contribution < -0.4 is 5.32 Å². The first-order valence-electron chi connectivity index (χ1n) is 11.5. The predicted octanol–water partition coefficient (Wildman–Crippen LogP) is 7.91. The zero-order valence-electron chi connectivity index (χ0n) is 18.4. The van der Waals surface area contributed by atoms with E-state index in [0.717, 1.165) is 36.4 Å². The van der Waals surface area contributed by atoms with E-state index in [0.29, 0.717) is 0 Å². The Morgan fingerprint density at radius 3 is 2.07 bits per heavy atom. The molecule has 2 heteroatoms. The average molecular weight is 374 g/mol. The number of nitrogens with one attached hydrogen (secondary N) is 1. The van der Waals surface area contributed by atoms with Gasteiger partial charge >= 0.3 is 0 Å². The highest BCUT2D eigenvalue weighted by Crippen LogP contribution is 2.24. The lowest BCUT2D eigenvalue weighted by atomic mass is 9.90. The van der Waals surface area contributed by atoms with Crippen LogP contribution in [0, 0.1) is 18.8 Å². The van der Waals surface area contributed by atoms with E-state index in [1.807, 2.05) is 18.2 Å². The summed E-state index contributed by atoms with van der Waals surface area (Å²) in [5.74, 6) is 1.26. The molecule has 2 atom stereocenters. The molecule has 1 rings (SSSR count). The lowest BCUT2D eigenvalue weighted by Gasteiger charge is -2.19. The van der Waals surface area contributed by atoms with Crippen LogP contribution in [0.5, 0.6) is 0 Å². The third kappa shape index (κ3) is 9.98. The van der Waals surface area contributed by atoms with Crippen LogP contribution in [0.2, 0.25) is 0 Å². The summed E-state index contributed by atoms with van der Waals surface area (Å²) >= 11 is 0. The second-order valence-electron chi connectivity index (χ2n) is 8.20. The van der Waals surface area contributed by atoms with E-state index in [-0.39, 0.29) is 11.8 Å². The number of hydrogen-bond acceptors (Lipinski definition) is 1. The first kappa shape index (κ1) is 23.7. The van der Waals surface area contributed by atoms with Gasteiger partial charge in [-0.05, 0) is 37.3 Å². The van der Waals surface area contributed by atoms with Gasteiger partial charge in [0.1, 0.15) is 0 Å². The quantitative estimate of drug-likeness (QED) is 0.311. The van der Waals surface area contributed by atoms with Gasteiger partial charge in [-0.15, -0.1) is 0 Å². The van der Waals surface area contributed by atoms with Gasteiger partial charge in [0.15, 0.2) is 0 Å². The Labute approximate surface area is 168 Å². The van der Waals surface area contributed by atoms with Crippen molar-refractivity contribution in [1.29, 1.82) is 0 Å². The van der Waals surface area contributed by atoms with Crippen molar-refractivity contribution in [3.8, 4) is 0 Å². The first-order valence-corrected chi connectivity index (χ1v) is 11.5. The second-order valence-corrected chi connectivity index (χ2v) is 8.20. The maximum atomic E-state index is 12.9. The van der Waals surface area contributed by atoms with Crippen molar-refractivity contribution in [2.75, 3.05) is 5.32 Å². The molecule has 0 saturated heterocycles. The zero-order chi connectivity index (χ0) is 19.9. The molecule has 1 aromatic rings. The summed E-state index contributed by atoms with van der Waals surface area (Å²) in [6.45, 7) is 8.89. The fraction of sp³-hybridized carbons (Fsp3) is 0.720. The Morgan fingerprint density at radius 1 is 0.852 bits per heavy atom. The molecule has 0 radical (unpaired) electrons. The lowest BCUT2D eigenvalue weighted by Crippen LogP contribution is -2.23. The first-order chi connectivity index (χ1) is 13.1. The van der Waals surface area contributed by atoms with E-state index in [2.05, 4.69) is 39.1 Å². The van der Waals surface area contributed by atoms with E-state index in [1.165, 1.54) is 57.8 Å². The number of para-hydroxylation sites is 1. The number of aryl methyl sites for hydroxylation is 1. The normalized spacial score (nSPS) is 13.3. The molecule has 2 nitrogen and oxygen atoms in total. The van der Waals surface area contributed by atoms with Crippen LogP contribution >= 0.6 is 0 Å². The summed E-state index contributed by atoms with van der Waals surface area (Å²) in [5.41, 5.74) is 2.11. The van der Waals surface area contributed by atoms with E-state index >= 15 is 0 Å². The highest BCUT2D eigenvalue weighted by molar-refractivity contribution is 5.93. The van der Waals surface area contributed by atoms with Crippen molar-refractivity contribution in [3.05, 3.63) is 29.8 Å². The van der Waals surface area contributed by atoms with E-state index in [9.17, 15) is 4.79 Å². The van der Waals surface area contributed by atoms with Crippen LogP contribution in [-0.2, 0) is 4.79 Å². The van der Waals surface area contributed by atoms with Crippen LogP contribution in [0.15, 0.2) is 24.3 Å². The number of amides is 1. The van der Waals surface area contributed by atoms with E-state index < -0.39 is 0 Å². The molecular formula is C25H43NO. The molecule has 1 aromatic carbocycles. The molecule has 0 aliphatic carbocycles. The number of carbonyl (C=O) groups is 1. The Bertz CT molecular complexity index is 511. The van der Waals surface area contributed by atoms with Gasteiger partial charge in [0, 0.05) is 11.6 Å². The topological polar surface area (TPSA) is 29.1 Å². The summed E-state index contributed by atoms with van der Waals surface area (Å²) in [4.78, 5) is 12.9. The third-order valence-electron chi connectivity index (χ3n) is 5.89. The Kier molecular flexibility index (Phi) is 12.9. The molecule has 1 amide bonds. The van der Waals surface area contributed by atoms with Crippen molar-refractivity contribution in [1.82, 2.24) is 0 Å². The molecule has 0 spiro atoms. The van der Waals surface area contributed by atoms with Crippen LogP contribution in [-0.4, -0.2) is 5.91 Å². The molecule has 0 bridgehead atoms. The number of carbonyl (C=O) groups excluding carboxylic acids is 1. The fourth-order valence-corrected chi connectivity index (χ4v) is 3.86. The van der Waals surface area contributed by atoms with Gasteiger partial charge in [0.25, 0.3) is 0 Å². The van der Waals surface area contributed by atoms with Gasteiger partial charge in [-0.2, -0.15) is 0 Å². The number of unbranched alkanes of at least 4 members (excludes halogenated alkanes) is 4. The van der Waals surface area contributed by atoms with Crippen molar-refractivity contribution in [3.63, 3.8) is 0 Å². The van der Waals surface area contributed by atoms with Gasteiger partial charge in [0.05, 0.1) is 0 Å². The van der Waals surface area contributed by atoms with Crippen LogP contribution in [0.1, 0.15) is 103 Å². The average Bonchev–Trinajstić information content (AvgIpc) is 2.67. The summed E-state index contributed by atoms with van der Waals surface area (Å²) in [5, 5.41) is 3.19. The van der Waals surface area contributed by atoms with Gasteiger partial charge in [-0.3, -0.25) is 4.79 Å². The van der Waals surface area contributed by atoms with E-state index in [4.69, 9.17) is 0 Å². The fourth-order valence-electron chi connectivity index (χ4n) is 3.86. The SMILES string of the molecule is CCCCC[C@H](CCCC[C@@H](CC)CCCC)C(=O)Nc1ccccc1C. The lowest BCUT2D eigenvalue weighted by molar-refractivity contribution is -0.120. The minimum atomic E-state index is 0.159. The molecular weight excluding hydrogens is 330 g/mol. The van der Waals surface area contributed by atoms with Gasteiger partial charge in [0.2, 0.25) is 5.91 Å². The second kappa shape index (κ2) is 14.7. The van der Waals surface area contributed by atoms with Crippen LogP contribution in [0.4, 0.5) is 5.69 Å². The molecule has 0 saturated carbocycles. The third-order valence-corrected chi connectivity index (χ3v) is 5.89. The summed E-state index contributed by atoms with van der Waals surface area (Å²) in [7, 11) is 0. The number of benzene rings is 1. The molecule has 0 heterocycles. The Hall–Kier alpha value is -1.31. The Balaban J connectivity index is 2.50. The molecule has 0 unspecified atom stereocenters. The molecule has 1 N–H and O–H groups in total. The van der Waals surface area contributed by atoms with Crippen molar-refractivity contribution in [2.24, 2.45) is 11.8 Å². The number of hydrogen-bond donors (Lipinski definition) is 1. The highest BCUT2D eigenvalue weighted by Gasteiger charge is 2.18. The zero-order valence-corrected chi connectivity index (χ0v) is 18.4. The van der Waals surface area contributed by atoms with Crippen molar-refractivity contribution >= 4 is 11.6 Å². The van der Waals surface area contributed by atoms with Gasteiger partial charge in [-0.25, -0.2) is 0 Å². The summed E-state index contributed by atoms with van der Waals surface area (Å²) < 4.78 is 0. The summed E-state index contributed by atoms with van der Waals surface area (Å²) in [6.07, 6.45) is 14.8. The number of rotatable bonds is 15. The molecule has 0 aliphatic heterocycles. The monoisotopic (exact) mass is 373 g/mol. The minimum absolute atomic E-state index is 0.159. The minimum Gasteiger partial charge on any atom is -0.326 e. The number of anilines is 1. The van der Waals surface area contributed by atoms with Crippen molar-refractivity contribution in [2.45, 2.75) is 105 Å². The standard InChI is InChI=1S/C25H43NO/c1-5-8-10-18-23(19-13-12-17-22(7-3)16-9-6-2)25(27)26-24-20-14-11-15-21(24)4/h11,14-15,20,22-23H,5-10,12-13,16-19H2,1-4H3,(H,26,27)/t22-,23+/m0/s1. The largest absolute Gasteiger partial charge is 0.326 e. The predicted molar refractivity (Wildman–Crippen MR) is 119 cm³/mol. The van der Waals surface area contributed by atoms with Crippen LogP contribution in [0.3, 0.4) is 0 Å². The molecule has 0 fully saturated rings. The smallest absolute Gasteiger partial charge is 0.227 e. The van der Waals surface area contributed by atoms with Gasteiger partial charge < -0.3 is 5.32 Å². The highest BCUT2D eigenvalue weighted by atomic mass is 16.1. The van der Waals surface area contributed by atoms with Gasteiger partial charge in [-0.1, -0.05) is 103 Å². The van der Waals surface area contributed by atoms with E-state index in [1.54, 1.807) is 0 Å². The molecule has 0 aromatic heterocycles. The Morgan fingerprint density at radius 2 is 1.44 bits per heavy atom. The maximum Gasteiger partial charge on any atom is 0.227 e. The maximum absolute atomic E-state index is 12.9. The van der Waals surface area contributed by atoms with Crippen LogP contribution in [0.25, 0.3) is 0 Å². The molecule has 0 aliphatic rings.